The normalized spacial score (nSPS) is 11.0. The number of anilines is 1. The topological polar surface area (TPSA) is 75.7 Å². The van der Waals surface area contributed by atoms with Crippen molar-refractivity contribution in [2.45, 2.75) is 25.3 Å². The van der Waals surface area contributed by atoms with Crippen molar-refractivity contribution >= 4 is 21.6 Å². The van der Waals surface area contributed by atoms with Crippen LogP contribution in [0.3, 0.4) is 0 Å². The summed E-state index contributed by atoms with van der Waals surface area (Å²) >= 11 is 0. The Balaban J connectivity index is 1.73. The second kappa shape index (κ2) is 10.1. The van der Waals surface area contributed by atoms with Gasteiger partial charge in [0.05, 0.1) is 17.2 Å². The monoisotopic (exact) mass is 438 g/mol. The molecule has 1 amide bonds. The Morgan fingerprint density at radius 1 is 0.903 bits per heavy atom. The molecule has 0 atom stereocenters. The predicted molar refractivity (Wildman–Crippen MR) is 122 cm³/mol. The minimum atomic E-state index is -3.67. The summed E-state index contributed by atoms with van der Waals surface area (Å²) in [5, 5.41) is 2.88. The Bertz CT molecular complexity index is 1110. The van der Waals surface area contributed by atoms with Crippen molar-refractivity contribution in [2.24, 2.45) is 0 Å². The summed E-state index contributed by atoms with van der Waals surface area (Å²) in [6.07, 6.45) is 0. The van der Waals surface area contributed by atoms with Gasteiger partial charge in [0.25, 0.3) is 15.9 Å². The van der Waals surface area contributed by atoms with Gasteiger partial charge in [-0.2, -0.15) is 0 Å². The average molecular weight is 439 g/mol. The van der Waals surface area contributed by atoms with Gasteiger partial charge in [0, 0.05) is 24.2 Å². The number of amides is 1. The molecule has 0 fully saturated rings. The van der Waals surface area contributed by atoms with Crippen LogP contribution in [-0.2, 0) is 16.6 Å². The molecule has 0 aliphatic carbocycles. The molecule has 0 radical (unpaired) electrons. The number of nitrogens with one attached hydrogen (secondary N) is 1. The van der Waals surface area contributed by atoms with E-state index >= 15 is 0 Å². The molecule has 0 unspecified atom stereocenters. The third-order valence-corrected chi connectivity index (χ3v) is 6.66. The van der Waals surface area contributed by atoms with Crippen molar-refractivity contribution in [1.82, 2.24) is 5.32 Å². The van der Waals surface area contributed by atoms with Gasteiger partial charge < -0.3 is 10.1 Å². The van der Waals surface area contributed by atoms with Gasteiger partial charge in [-0.25, -0.2) is 8.42 Å². The number of carbonyl (C=O) groups is 1. The lowest BCUT2D eigenvalue weighted by Gasteiger charge is -2.23. The van der Waals surface area contributed by atoms with Crippen LogP contribution in [0.25, 0.3) is 0 Å². The third kappa shape index (κ3) is 5.24. The maximum atomic E-state index is 13.0. The minimum Gasteiger partial charge on any atom is -0.494 e. The van der Waals surface area contributed by atoms with Crippen LogP contribution >= 0.6 is 0 Å². The van der Waals surface area contributed by atoms with Crippen molar-refractivity contribution < 1.29 is 17.9 Å². The van der Waals surface area contributed by atoms with Crippen LogP contribution in [0.5, 0.6) is 5.75 Å². The van der Waals surface area contributed by atoms with E-state index in [0.29, 0.717) is 24.4 Å². The number of carbonyl (C=O) groups excluding carboxylic acids is 1. The van der Waals surface area contributed by atoms with Crippen molar-refractivity contribution in [3.8, 4) is 5.75 Å². The molecule has 31 heavy (non-hydrogen) atoms. The van der Waals surface area contributed by atoms with E-state index in [4.69, 9.17) is 4.74 Å². The number of ether oxygens (including phenoxy) is 1. The zero-order chi connectivity index (χ0) is 22.3. The first-order valence-electron chi connectivity index (χ1n) is 10.1. The molecular formula is C24H26N2O4S. The molecule has 0 aromatic heterocycles. The summed E-state index contributed by atoms with van der Waals surface area (Å²) in [4.78, 5) is 12.8. The average Bonchev–Trinajstić information content (AvgIpc) is 2.80. The number of hydrogen-bond acceptors (Lipinski definition) is 4. The molecular weight excluding hydrogens is 412 g/mol. The summed E-state index contributed by atoms with van der Waals surface area (Å²) < 4.78 is 32.8. The molecule has 0 spiro atoms. The summed E-state index contributed by atoms with van der Waals surface area (Å²) in [6, 6.07) is 22.4. The molecule has 0 bridgehead atoms. The van der Waals surface area contributed by atoms with Crippen LogP contribution < -0.4 is 14.4 Å². The Morgan fingerprint density at radius 3 is 2.19 bits per heavy atom. The predicted octanol–water partition coefficient (Wildman–Crippen LogP) is 4.23. The largest absolute Gasteiger partial charge is 0.494 e. The van der Waals surface area contributed by atoms with E-state index in [1.54, 1.807) is 61.5 Å². The van der Waals surface area contributed by atoms with Gasteiger partial charge >= 0.3 is 0 Å². The number of hydrogen-bond donors (Lipinski definition) is 1. The highest BCUT2D eigenvalue weighted by atomic mass is 32.2. The molecule has 0 saturated heterocycles. The Kier molecular flexibility index (Phi) is 7.31. The van der Waals surface area contributed by atoms with E-state index in [-0.39, 0.29) is 17.3 Å². The second-order valence-corrected chi connectivity index (χ2v) is 8.62. The maximum Gasteiger partial charge on any atom is 0.264 e. The number of sulfonamides is 1. The second-order valence-electron chi connectivity index (χ2n) is 6.75. The SMILES string of the molecule is CCOc1ccccc1CNC(=O)c1ccc(N(CC)S(=O)(=O)c2ccccc2)cc1. The van der Waals surface area contributed by atoms with E-state index < -0.39 is 10.0 Å². The summed E-state index contributed by atoms with van der Waals surface area (Å²) in [7, 11) is -3.67. The fourth-order valence-electron chi connectivity index (χ4n) is 3.21. The molecule has 0 aliphatic heterocycles. The Labute approximate surface area is 183 Å². The zero-order valence-corrected chi connectivity index (χ0v) is 18.4. The molecule has 3 aromatic rings. The molecule has 0 saturated carbocycles. The third-order valence-electron chi connectivity index (χ3n) is 4.75. The van der Waals surface area contributed by atoms with Crippen LogP contribution in [0.4, 0.5) is 5.69 Å². The Morgan fingerprint density at radius 2 is 1.55 bits per heavy atom. The van der Waals surface area contributed by atoms with Crippen LogP contribution in [0.1, 0.15) is 29.8 Å². The van der Waals surface area contributed by atoms with Gasteiger partial charge in [0.15, 0.2) is 0 Å². The molecule has 0 heterocycles. The fourth-order valence-corrected chi connectivity index (χ4v) is 4.71. The quantitative estimate of drug-likeness (QED) is 0.542. The highest BCUT2D eigenvalue weighted by molar-refractivity contribution is 7.92. The van der Waals surface area contributed by atoms with Crippen molar-refractivity contribution in [1.29, 1.82) is 0 Å². The zero-order valence-electron chi connectivity index (χ0n) is 17.6. The van der Waals surface area contributed by atoms with E-state index in [0.717, 1.165) is 11.3 Å². The van der Waals surface area contributed by atoms with Crippen molar-refractivity contribution in [3.63, 3.8) is 0 Å². The summed E-state index contributed by atoms with van der Waals surface area (Å²) in [5.74, 6) is 0.497. The number of rotatable bonds is 9. The van der Waals surface area contributed by atoms with E-state index in [9.17, 15) is 13.2 Å². The van der Waals surface area contributed by atoms with Crippen LogP contribution in [-0.4, -0.2) is 27.5 Å². The van der Waals surface area contributed by atoms with Crippen LogP contribution in [0, 0.1) is 0 Å². The standard InChI is InChI=1S/C24H26N2O4S/c1-3-26(31(28,29)22-11-6-5-7-12-22)21-16-14-19(15-17-21)24(27)25-18-20-10-8-9-13-23(20)30-4-2/h5-17H,3-4,18H2,1-2H3,(H,25,27). The van der Waals surface area contributed by atoms with Crippen molar-refractivity contribution in [3.05, 3.63) is 90.0 Å². The first-order chi connectivity index (χ1) is 15.0. The van der Waals surface area contributed by atoms with Crippen molar-refractivity contribution in [2.75, 3.05) is 17.5 Å². The van der Waals surface area contributed by atoms with E-state index in [1.165, 1.54) is 4.31 Å². The smallest absolute Gasteiger partial charge is 0.264 e. The first-order valence-corrected chi connectivity index (χ1v) is 11.6. The Hall–Kier alpha value is -3.32. The van der Waals surface area contributed by atoms with Gasteiger partial charge in [0.2, 0.25) is 0 Å². The number of benzene rings is 3. The lowest BCUT2D eigenvalue weighted by Crippen LogP contribution is -2.30. The number of para-hydroxylation sites is 1. The van der Waals surface area contributed by atoms with Gasteiger partial charge in [-0.1, -0.05) is 36.4 Å². The highest BCUT2D eigenvalue weighted by Gasteiger charge is 2.23. The number of nitrogens with zero attached hydrogens (tertiary/aromatic N) is 1. The molecule has 162 valence electrons. The molecule has 1 N–H and O–H groups in total. The lowest BCUT2D eigenvalue weighted by molar-refractivity contribution is 0.0950. The summed E-state index contributed by atoms with van der Waals surface area (Å²) in [6.45, 7) is 4.84. The van der Waals surface area contributed by atoms with E-state index in [1.807, 2.05) is 31.2 Å². The lowest BCUT2D eigenvalue weighted by atomic mass is 10.1. The van der Waals surface area contributed by atoms with Gasteiger partial charge in [0.1, 0.15) is 5.75 Å². The van der Waals surface area contributed by atoms with Gasteiger partial charge in [-0.15, -0.1) is 0 Å². The first kappa shape index (κ1) is 22.4. The molecule has 3 aromatic carbocycles. The molecule has 7 heteroatoms. The van der Waals surface area contributed by atoms with E-state index in [2.05, 4.69) is 5.32 Å². The van der Waals surface area contributed by atoms with Crippen LogP contribution in [0.15, 0.2) is 83.8 Å². The maximum absolute atomic E-state index is 13.0. The summed E-state index contributed by atoms with van der Waals surface area (Å²) in [5.41, 5.74) is 1.84. The van der Waals surface area contributed by atoms with Crippen LogP contribution in [0.2, 0.25) is 0 Å². The molecule has 6 nitrogen and oxygen atoms in total. The minimum absolute atomic E-state index is 0.228. The molecule has 3 rings (SSSR count). The highest BCUT2D eigenvalue weighted by Crippen LogP contribution is 2.24. The molecule has 0 aliphatic rings. The van der Waals surface area contributed by atoms with Gasteiger partial charge in [-0.3, -0.25) is 9.10 Å². The van der Waals surface area contributed by atoms with Gasteiger partial charge in [-0.05, 0) is 56.3 Å². The fraction of sp³-hybridized carbons (Fsp3) is 0.208.